The summed E-state index contributed by atoms with van der Waals surface area (Å²) < 4.78 is 10.8. The SMILES string of the molecule is CCOC(=O)c1cccc(CN2C(=O)COc3ccc(-c4csc(-c5ccccn5)n4)cc32)c1. The fourth-order valence-electron chi connectivity index (χ4n) is 3.74. The Balaban J connectivity index is 1.45. The highest BCUT2D eigenvalue weighted by Gasteiger charge is 2.26. The summed E-state index contributed by atoms with van der Waals surface area (Å²) in [6, 6.07) is 18.6. The summed E-state index contributed by atoms with van der Waals surface area (Å²) in [5, 5.41) is 2.80. The van der Waals surface area contributed by atoms with Crippen LogP contribution in [0.15, 0.2) is 72.2 Å². The highest BCUT2D eigenvalue weighted by molar-refractivity contribution is 7.13. The van der Waals surface area contributed by atoms with Crippen molar-refractivity contribution in [2.75, 3.05) is 18.1 Å². The van der Waals surface area contributed by atoms with Gasteiger partial charge in [-0.3, -0.25) is 9.78 Å². The van der Waals surface area contributed by atoms with Crippen molar-refractivity contribution in [3.63, 3.8) is 0 Å². The van der Waals surface area contributed by atoms with Crippen LogP contribution in [0, 0.1) is 0 Å². The van der Waals surface area contributed by atoms with Gasteiger partial charge >= 0.3 is 5.97 Å². The molecular formula is C26H21N3O4S. The number of carbonyl (C=O) groups excluding carboxylic acids is 2. The predicted molar refractivity (Wildman–Crippen MR) is 130 cm³/mol. The lowest BCUT2D eigenvalue weighted by molar-refractivity contribution is -0.121. The van der Waals surface area contributed by atoms with Crippen LogP contribution in [0.4, 0.5) is 5.69 Å². The van der Waals surface area contributed by atoms with E-state index in [2.05, 4.69) is 4.98 Å². The molecule has 0 spiro atoms. The van der Waals surface area contributed by atoms with Crippen molar-refractivity contribution < 1.29 is 19.1 Å². The molecule has 1 aliphatic rings. The predicted octanol–water partition coefficient (Wildman–Crippen LogP) is 4.97. The number of anilines is 1. The number of ether oxygens (including phenoxy) is 2. The van der Waals surface area contributed by atoms with E-state index in [9.17, 15) is 9.59 Å². The first kappa shape index (κ1) is 21.8. The van der Waals surface area contributed by atoms with E-state index < -0.39 is 0 Å². The maximum atomic E-state index is 12.8. The van der Waals surface area contributed by atoms with Gasteiger partial charge in [0.05, 0.1) is 35.8 Å². The topological polar surface area (TPSA) is 81.6 Å². The Labute approximate surface area is 200 Å². The van der Waals surface area contributed by atoms with Crippen LogP contribution in [0.2, 0.25) is 0 Å². The summed E-state index contributed by atoms with van der Waals surface area (Å²) in [4.78, 5) is 35.7. The molecule has 7 nitrogen and oxygen atoms in total. The molecule has 0 fully saturated rings. The van der Waals surface area contributed by atoms with Gasteiger partial charge in [-0.25, -0.2) is 9.78 Å². The number of hydrogen-bond acceptors (Lipinski definition) is 7. The van der Waals surface area contributed by atoms with Crippen molar-refractivity contribution in [3.05, 3.63) is 83.4 Å². The second-order valence-electron chi connectivity index (χ2n) is 7.62. The minimum absolute atomic E-state index is 0.0373. The average Bonchev–Trinajstić information content (AvgIpc) is 3.37. The van der Waals surface area contributed by atoms with Gasteiger partial charge in [0.1, 0.15) is 10.8 Å². The molecule has 0 atom stereocenters. The van der Waals surface area contributed by atoms with Gasteiger partial charge in [0, 0.05) is 17.1 Å². The number of esters is 1. The summed E-state index contributed by atoms with van der Waals surface area (Å²) in [7, 11) is 0. The summed E-state index contributed by atoms with van der Waals surface area (Å²) in [5.74, 6) is 0.0938. The lowest BCUT2D eigenvalue weighted by Gasteiger charge is -2.30. The highest BCUT2D eigenvalue weighted by Crippen LogP contribution is 2.38. The van der Waals surface area contributed by atoms with Crippen LogP contribution in [0.3, 0.4) is 0 Å². The quantitative estimate of drug-likeness (QED) is 0.369. The zero-order valence-electron chi connectivity index (χ0n) is 18.4. The summed E-state index contributed by atoms with van der Waals surface area (Å²) in [6.07, 6.45) is 1.74. The molecule has 5 rings (SSSR count). The van der Waals surface area contributed by atoms with Gasteiger partial charge in [-0.15, -0.1) is 11.3 Å². The molecule has 0 bridgehead atoms. The van der Waals surface area contributed by atoms with Crippen molar-refractivity contribution in [1.82, 2.24) is 9.97 Å². The Morgan fingerprint density at radius 3 is 2.85 bits per heavy atom. The van der Waals surface area contributed by atoms with Gasteiger partial charge in [-0.1, -0.05) is 18.2 Å². The Kier molecular flexibility index (Phi) is 6.05. The van der Waals surface area contributed by atoms with Crippen molar-refractivity contribution >= 4 is 28.9 Å². The van der Waals surface area contributed by atoms with E-state index in [1.54, 1.807) is 36.2 Å². The molecule has 0 saturated heterocycles. The van der Waals surface area contributed by atoms with Crippen LogP contribution in [-0.4, -0.2) is 35.1 Å². The standard InChI is InChI=1S/C26H21N3O4S/c1-2-32-26(31)19-7-5-6-17(12-19)14-29-22-13-18(9-10-23(22)33-15-24(29)30)21-16-34-25(28-21)20-8-3-4-11-27-20/h3-13,16H,2,14-15H2,1H3. The maximum absolute atomic E-state index is 12.8. The smallest absolute Gasteiger partial charge is 0.338 e. The van der Waals surface area contributed by atoms with Gasteiger partial charge in [-0.2, -0.15) is 0 Å². The van der Waals surface area contributed by atoms with Crippen molar-refractivity contribution in [1.29, 1.82) is 0 Å². The van der Waals surface area contributed by atoms with Gasteiger partial charge in [-0.05, 0) is 55.0 Å². The van der Waals surface area contributed by atoms with Gasteiger partial charge < -0.3 is 14.4 Å². The molecule has 3 heterocycles. The zero-order valence-corrected chi connectivity index (χ0v) is 19.2. The van der Waals surface area contributed by atoms with Gasteiger partial charge in [0.25, 0.3) is 5.91 Å². The zero-order chi connectivity index (χ0) is 23.5. The molecule has 0 N–H and O–H groups in total. The average molecular weight is 472 g/mol. The Morgan fingerprint density at radius 2 is 2.03 bits per heavy atom. The summed E-state index contributed by atoms with van der Waals surface area (Å²) in [6.45, 7) is 2.34. The minimum atomic E-state index is -0.382. The molecular weight excluding hydrogens is 450 g/mol. The van der Waals surface area contributed by atoms with E-state index in [0.29, 0.717) is 30.2 Å². The first-order valence-corrected chi connectivity index (χ1v) is 11.7. The van der Waals surface area contributed by atoms with E-state index in [-0.39, 0.29) is 18.5 Å². The number of hydrogen-bond donors (Lipinski definition) is 0. The number of carbonyl (C=O) groups is 2. The number of amides is 1. The first-order valence-electron chi connectivity index (χ1n) is 10.8. The maximum Gasteiger partial charge on any atom is 0.338 e. The van der Waals surface area contributed by atoms with Crippen LogP contribution in [-0.2, 0) is 16.1 Å². The van der Waals surface area contributed by atoms with Crippen molar-refractivity contribution in [3.8, 4) is 27.7 Å². The van der Waals surface area contributed by atoms with Gasteiger partial charge in [0.2, 0.25) is 0 Å². The van der Waals surface area contributed by atoms with Gasteiger partial charge in [0.15, 0.2) is 6.61 Å². The van der Waals surface area contributed by atoms with E-state index in [0.717, 1.165) is 27.5 Å². The molecule has 0 radical (unpaired) electrons. The monoisotopic (exact) mass is 471 g/mol. The van der Waals surface area contributed by atoms with Crippen molar-refractivity contribution in [2.24, 2.45) is 0 Å². The number of benzene rings is 2. The number of pyridine rings is 1. The lowest BCUT2D eigenvalue weighted by atomic mass is 10.1. The molecule has 0 aliphatic carbocycles. The van der Waals surface area contributed by atoms with Crippen LogP contribution in [0.25, 0.3) is 22.0 Å². The van der Waals surface area contributed by atoms with Crippen LogP contribution >= 0.6 is 11.3 Å². The normalized spacial score (nSPS) is 12.7. The molecule has 0 unspecified atom stereocenters. The second kappa shape index (κ2) is 9.44. The molecule has 4 aromatic rings. The molecule has 8 heteroatoms. The van der Waals surface area contributed by atoms with Crippen molar-refractivity contribution in [2.45, 2.75) is 13.5 Å². The third-order valence-corrected chi connectivity index (χ3v) is 6.23. The molecule has 2 aromatic carbocycles. The molecule has 34 heavy (non-hydrogen) atoms. The summed E-state index contributed by atoms with van der Waals surface area (Å²) >= 11 is 1.52. The largest absolute Gasteiger partial charge is 0.482 e. The number of thiazole rings is 1. The first-order chi connectivity index (χ1) is 16.6. The number of fused-ring (bicyclic) bond motifs is 1. The fraction of sp³-hybridized carbons (Fsp3) is 0.154. The number of nitrogens with zero attached hydrogens (tertiary/aromatic N) is 3. The molecule has 2 aromatic heterocycles. The third-order valence-electron chi connectivity index (χ3n) is 5.36. The fourth-order valence-corrected chi connectivity index (χ4v) is 4.55. The summed E-state index contributed by atoms with van der Waals surface area (Å²) in [5.41, 5.74) is 4.44. The van der Waals surface area contributed by atoms with E-state index >= 15 is 0 Å². The van der Waals surface area contributed by atoms with E-state index in [1.165, 1.54) is 11.3 Å². The highest BCUT2D eigenvalue weighted by atomic mass is 32.1. The third kappa shape index (κ3) is 4.40. The molecule has 0 saturated carbocycles. The van der Waals surface area contributed by atoms with Crippen LogP contribution < -0.4 is 9.64 Å². The molecule has 1 aliphatic heterocycles. The molecule has 170 valence electrons. The Bertz CT molecular complexity index is 1350. The van der Waals surface area contributed by atoms with Crippen LogP contribution in [0.1, 0.15) is 22.8 Å². The second-order valence-corrected chi connectivity index (χ2v) is 8.48. The molecule has 1 amide bonds. The van der Waals surface area contributed by atoms with E-state index in [1.807, 2.05) is 47.8 Å². The Hall–Kier alpha value is -4.04. The number of aromatic nitrogens is 2. The number of rotatable bonds is 6. The minimum Gasteiger partial charge on any atom is -0.482 e. The Morgan fingerprint density at radius 1 is 1.12 bits per heavy atom. The van der Waals surface area contributed by atoms with Crippen LogP contribution in [0.5, 0.6) is 5.75 Å². The van der Waals surface area contributed by atoms with E-state index in [4.69, 9.17) is 14.5 Å². The lowest BCUT2D eigenvalue weighted by Crippen LogP contribution is -2.38.